The average Bonchev–Trinajstić information content (AvgIpc) is 3.34. The summed E-state index contributed by atoms with van der Waals surface area (Å²) in [5.74, 6) is -3.60. The highest BCUT2D eigenvalue weighted by Gasteiger charge is 2.33. The molecule has 4 rings (SSSR count). The lowest BCUT2D eigenvalue weighted by molar-refractivity contribution is -0.274. The zero-order chi connectivity index (χ0) is 29.5. The molecule has 2 aromatic carbocycles. The number of aromatic nitrogens is 1. The molecule has 1 aliphatic rings. The maximum absolute atomic E-state index is 14.2. The molecule has 1 heterocycles. The number of hydrogen-bond donors (Lipinski definition) is 2. The van der Waals surface area contributed by atoms with Crippen LogP contribution in [0.3, 0.4) is 0 Å². The van der Waals surface area contributed by atoms with Gasteiger partial charge in [-0.15, -0.1) is 24.5 Å². The van der Waals surface area contributed by atoms with Crippen LogP contribution in [-0.2, 0) is 10.0 Å². The van der Waals surface area contributed by atoms with Crippen LogP contribution in [-0.4, -0.2) is 37.9 Å². The number of aromatic carboxylic acids is 1. The Balaban J connectivity index is 1.68. The molecule has 0 saturated heterocycles. The van der Waals surface area contributed by atoms with Crippen molar-refractivity contribution in [3.63, 3.8) is 0 Å². The third kappa shape index (κ3) is 6.55. The molecule has 14 heteroatoms. The number of carbonyl (C=O) groups is 1. The number of anilines is 1. The van der Waals surface area contributed by atoms with Crippen LogP contribution >= 0.6 is 11.3 Å². The summed E-state index contributed by atoms with van der Waals surface area (Å²) in [6.07, 6.45) is -0.693. The molecule has 0 spiro atoms. The largest absolute Gasteiger partial charge is 0.573 e. The molecule has 1 aromatic heterocycles. The first-order valence-corrected chi connectivity index (χ1v) is 14.1. The minimum atomic E-state index is -5.01. The van der Waals surface area contributed by atoms with Crippen LogP contribution in [0.25, 0.3) is 16.1 Å². The van der Waals surface area contributed by atoms with Gasteiger partial charge in [0.15, 0.2) is 5.03 Å². The summed E-state index contributed by atoms with van der Waals surface area (Å²) in [6.45, 7) is 4.23. The first-order chi connectivity index (χ1) is 18.6. The summed E-state index contributed by atoms with van der Waals surface area (Å²) in [7, 11) is -3.35. The molecule has 2 N–H and O–H groups in total. The fourth-order valence-electron chi connectivity index (χ4n) is 4.12. The van der Waals surface area contributed by atoms with Crippen LogP contribution in [0.2, 0.25) is 0 Å². The number of benzene rings is 2. The summed E-state index contributed by atoms with van der Waals surface area (Å²) < 4.78 is 91.4. The highest BCUT2D eigenvalue weighted by Crippen LogP contribution is 2.42. The summed E-state index contributed by atoms with van der Waals surface area (Å²) in [5.41, 5.74) is 0.347. The molecule has 0 amide bonds. The maximum Gasteiger partial charge on any atom is 0.573 e. The van der Waals surface area contributed by atoms with E-state index in [9.17, 15) is 30.8 Å². The number of methoxy groups -OCH3 is 1. The van der Waals surface area contributed by atoms with E-state index in [1.807, 2.05) is 6.08 Å². The van der Waals surface area contributed by atoms with Crippen molar-refractivity contribution in [1.29, 1.82) is 0 Å². The zero-order valence-electron chi connectivity index (χ0n) is 21.4. The molecular formula is C26H24F4N2O6S2. The lowest BCUT2D eigenvalue weighted by atomic mass is 9.77. The van der Waals surface area contributed by atoms with E-state index >= 15 is 0 Å². The van der Waals surface area contributed by atoms with Gasteiger partial charge in [-0.3, -0.25) is 4.72 Å². The van der Waals surface area contributed by atoms with Crippen molar-refractivity contribution in [2.75, 3.05) is 11.8 Å². The quantitative estimate of drug-likeness (QED) is 0.269. The Morgan fingerprint density at radius 1 is 1.18 bits per heavy atom. The van der Waals surface area contributed by atoms with E-state index in [4.69, 9.17) is 9.84 Å². The number of nitrogens with zero attached hydrogens (tertiary/aromatic N) is 1. The molecule has 214 valence electrons. The van der Waals surface area contributed by atoms with Crippen molar-refractivity contribution in [3.05, 3.63) is 58.7 Å². The topological polar surface area (TPSA) is 115 Å². The molecule has 1 aliphatic carbocycles. The number of rotatable bonds is 8. The predicted molar refractivity (Wildman–Crippen MR) is 141 cm³/mol. The Labute approximate surface area is 231 Å². The molecule has 3 aromatic rings. The van der Waals surface area contributed by atoms with Gasteiger partial charge in [0, 0.05) is 11.4 Å². The van der Waals surface area contributed by atoms with Crippen LogP contribution in [0.5, 0.6) is 11.5 Å². The first-order valence-electron chi connectivity index (χ1n) is 11.8. The van der Waals surface area contributed by atoms with E-state index in [1.54, 1.807) is 6.07 Å². The normalized spacial score (nSPS) is 15.3. The molecule has 0 aliphatic heterocycles. The SMILES string of the molecule is COc1cc(C(=O)O)c(F)cc1NS(=O)(=O)c1csc(-c2ccc(C3=CCC(C)(C)CC3)cc2OC(F)(F)F)n1. The van der Waals surface area contributed by atoms with E-state index in [-0.39, 0.29) is 21.7 Å². The van der Waals surface area contributed by atoms with Crippen molar-refractivity contribution in [3.8, 4) is 22.1 Å². The number of halogens is 4. The summed E-state index contributed by atoms with van der Waals surface area (Å²) in [6, 6.07) is 5.74. The molecule has 0 atom stereocenters. The van der Waals surface area contributed by atoms with Gasteiger partial charge in [0.25, 0.3) is 10.0 Å². The number of alkyl halides is 3. The van der Waals surface area contributed by atoms with Crippen LogP contribution < -0.4 is 14.2 Å². The van der Waals surface area contributed by atoms with Gasteiger partial charge in [0.1, 0.15) is 22.3 Å². The number of ether oxygens (including phenoxy) is 2. The molecule has 8 nitrogen and oxygen atoms in total. The minimum absolute atomic E-state index is 0.0655. The lowest BCUT2D eigenvalue weighted by Gasteiger charge is -2.29. The fraction of sp³-hybridized carbons (Fsp3) is 0.308. The monoisotopic (exact) mass is 600 g/mol. The Bertz CT molecular complexity index is 1600. The highest BCUT2D eigenvalue weighted by atomic mass is 32.2. The number of sulfonamides is 1. The third-order valence-corrected chi connectivity index (χ3v) is 8.58. The minimum Gasteiger partial charge on any atom is -0.495 e. The molecule has 0 radical (unpaired) electrons. The Morgan fingerprint density at radius 2 is 1.90 bits per heavy atom. The zero-order valence-corrected chi connectivity index (χ0v) is 23.1. The van der Waals surface area contributed by atoms with Gasteiger partial charge in [-0.2, -0.15) is 8.42 Å². The van der Waals surface area contributed by atoms with Crippen molar-refractivity contribution in [1.82, 2.24) is 4.98 Å². The van der Waals surface area contributed by atoms with E-state index in [0.717, 1.165) is 48.3 Å². The second-order valence-corrected chi connectivity index (χ2v) is 12.3. The van der Waals surface area contributed by atoms with Crippen molar-refractivity contribution in [2.24, 2.45) is 5.41 Å². The van der Waals surface area contributed by atoms with Gasteiger partial charge in [0.2, 0.25) is 0 Å². The first kappa shape index (κ1) is 29.3. The summed E-state index contributed by atoms with van der Waals surface area (Å²) >= 11 is 0.766. The number of carboxylic acid groups (broad SMARTS) is 1. The van der Waals surface area contributed by atoms with Crippen molar-refractivity contribution >= 4 is 38.6 Å². The second kappa shape index (κ2) is 10.7. The molecule has 0 fully saturated rings. The lowest BCUT2D eigenvalue weighted by Crippen LogP contribution is -2.18. The summed E-state index contributed by atoms with van der Waals surface area (Å²) in [4.78, 5) is 15.2. The van der Waals surface area contributed by atoms with E-state index in [2.05, 4.69) is 28.3 Å². The standard InChI is InChI=1S/C26H24F4N2O6S2/c1-25(2)8-6-14(7-9-25)15-4-5-16(20(10-15)38-26(28,29)30)23-31-22(13-39-23)40(35,36)32-19-12-18(27)17(24(33)34)11-21(19)37-3/h4-6,10-13,32H,7-9H2,1-3H3,(H,33,34). The Morgan fingerprint density at radius 3 is 2.50 bits per heavy atom. The highest BCUT2D eigenvalue weighted by molar-refractivity contribution is 7.92. The number of nitrogens with one attached hydrogen (secondary N) is 1. The number of hydrogen-bond acceptors (Lipinski definition) is 7. The molecule has 40 heavy (non-hydrogen) atoms. The van der Waals surface area contributed by atoms with Gasteiger partial charge in [0.05, 0.1) is 23.9 Å². The van der Waals surface area contributed by atoms with Crippen LogP contribution in [0.4, 0.5) is 23.2 Å². The molecule has 0 unspecified atom stereocenters. The second-order valence-electron chi connectivity index (χ2n) is 9.79. The van der Waals surface area contributed by atoms with Gasteiger partial charge in [-0.1, -0.05) is 26.0 Å². The molecule has 0 saturated carbocycles. The van der Waals surface area contributed by atoms with Gasteiger partial charge < -0.3 is 14.6 Å². The maximum atomic E-state index is 14.2. The van der Waals surface area contributed by atoms with Gasteiger partial charge in [-0.25, -0.2) is 14.2 Å². The predicted octanol–water partition coefficient (Wildman–Crippen LogP) is 6.95. The fourth-order valence-corrected chi connectivity index (χ4v) is 6.30. The smallest absolute Gasteiger partial charge is 0.495 e. The molecule has 0 bridgehead atoms. The van der Waals surface area contributed by atoms with Crippen molar-refractivity contribution < 1.29 is 45.4 Å². The van der Waals surface area contributed by atoms with Crippen LogP contribution in [0.1, 0.15) is 49.0 Å². The third-order valence-electron chi connectivity index (χ3n) is 6.30. The van der Waals surface area contributed by atoms with E-state index < -0.39 is 50.2 Å². The van der Waals surface area contributed by atoms with Crippen LogP contribution in [0.15, 0.2) is 46.8 Å². The average molecular weight is 601 g/mol. The van der Waals surface area contributed by atoms with Crippen LogP contribution in [0, 0.1) is 11.2 Å². The summed E-state index contributed by atoms with van der Waals surface area (Å²) in [5, 5.41) is 9.55. The van der Waals surface area contributed by atoms with Crippen molar-refractivity contribution in [2.45, 2.75) is 44.5 Å². The van der Waals surface area contributed by atoms with E-state index in [1.165, 1.54) is 12.1 Å². The number of allylic oxidation sites excluding steroid dienone is 2. The van der Waals surface area contributed by atoms with Gasteiger partial charge >= 0.3 is 12.3 Å². The Kier molecular flexibility index (Phi) is 7.87. The van der Waals surface area contributed by atoms with E-state index in [0.29, 0.717) is 18.1 Å². The number of carboxylic acids is 1. The molecular weight excluding hydrogens is 576 g/mol. The van der Waals surface area contributed by atoms with Gasteiger partial charge in [-0.05, 0) is 54.0 Å². The number of thiazole rings is 1. The Hall–Kier alpha value is -3.65.